The first kappa shape index (κ1) is 30.9. The molecule has 2 fully saturated rings. The normalized spacial score (nSPS) is 16.3. The molecule has 230 valence electrons. The van der Waals surface area contributed by atoms with Crippen LogP contribution >= 0.6 is 0 Å². The first-order valence-electron chi connectivity index (χ1n) is 15.3. The van der Waals surface area contributed by atoms with Crippen LogP contribution in [0.25, 0.3) is 11.1 Å². The monoisotopic (exact) mass is 590 g/mol. The maximum atomic E-state index is 15.8. The number of hydrogen-bond donors (Lipinski definition) is 2. The van der Waals surface area contributed by atoms with E-state index >= 15 is 4.39 Å². The van der Waals surface area contributed by atoms with Gasteiger partial charge in [-0.2, -0.15) is 0 Å². The lowest BCUT2D eigenvalue weighted by Gasteiger charge is -2.37. The van der Waals surface area contributed by atoms with Crippen LogP contribution in [0.5, 0.6) is 0 Å². The van der Waals surface area contributed by atoms with Crippen molar-refractivity contribution in [3.63, 3.8) is 0 Å². The van der Waals surface area contributed by atoms with Gasteiger partial charge in [0.05, 0.1) is 13.2 Å². The highest BCUT2D eigenvalue weighted by atomic mass is 19.1. The summed E-state index contributed by atoms with van der Waals surface area (Å²) in [6.07, 6.45) is 1.78. The Labute approximate surface area is 253 Å². The molecule has 2 aromatic carbocycles. The number of carbonyl (C=O) groups is 1. The van der Waals surface area contributed by atoms with Crippen LogP contribution < -0.4 is 15.8 Å². The summed E-state index contributed by atoms with van der Waals surface area (Å²) in [5.41, 5.74) is 6.13. The van der Waals surface area contributed by atoms with Crippen molar-refractivity contribution in [2.24, 2.45) is 0 Å². The van der Waals surface area contributed by atoms with Gasteiger partial charge in [-0.15, -0.1) is 0 Å². The fourth-order valence-corrected chi connectivity index (χ4v) is 6.28. The number of ether oxygens (including phenoxy) is 2. The fourth-order valence-electron chi connectivity index (χ4n) is 6.28. The van der Waals surface area contributed by atoms with Crippen molar-refractivity contribution in [2.45, 2.75) is 59.7 Å². The first-order chi connectivity index (χ1) is 20.7. The summed E-state index contributed by atoms with van der Waals surface area (Å²) in [7, 11) is 0. The molecule has 2 N–H and O–H groups in total. The van der Waals surface area contributed by atoms with Gasteiger partial charge in [-0.25, -0.2) is 4.39 Å². The van der Waals surface area contributed by atoms with Crippen molar-refractivity contribution in [2.75, 3.05) is 51.0 Å². The molecular weight excluding hydrogens is 547 g/mol. The number of aromatic amines is 1. The zero-order chi connectivity index (χ0) is 30.5. The van der Waals surface area contributed by atoms with Crippen molar-refractivity contribution < 1.29 is 18.7 Å². The molecule has 0 saturated carbocycles. The molecular formula is C34H43FN4O4. The predicted molar refractivity (Wildman–Crippen MR) is 167 cm³/mol. The second kappa shape index (κ2) is 13.8. The molecule has 1 amide bonds. The van der Waals surface area contributed by atoms with E-state index in [1.807, 2.05) is 45.0 Å². The molecule has 2 aliphatic heterocycles. The first-order valence-corrected chi connectivity index (χ1v) is 15.3. The van der Waals surface area contributed by atoms with Crippen molar-refractivity contribution in [3.05, 3.63) is 86.1 Å². The standard InChI is InChI=1S/C34H43FN4O4/c1-5-39(27-8-12-42-13-9-27)32-19-26(28-7-6-25(17-31(28)35)21-38-10-14-43-15-11-38)18-29(24(32)4)33(40)36-20-30-22(2)16-23(3)37-34(30)41/h6-7,16-19,27H,5,8-15,20-21H2,1-4H3,(H,36,40)(H,37,41). The topological polar surface area (TPSA) is 86.9 Å². The number of nitrogens with one attached hydrogen (secondary N) is 2. The Kier molecular flexibility index (Phi) is 9.95. The molecule has 0 atom stereocenters. The highest BCUT2D eigenvalue weighted by molar-refractivity contribution is 5.99. The number of pyridine rings is 1. The van der Waals surface area contributed by atoms with Crippen LogP contribution in [-0.2, 0) is 22.6 Å². The fraction of sp³-hybridized carbons (Fsp3) is 0.471. The molecule has 0 bridgehead atoms. The average molecular weight is 591 g/mol. The van der Waals surface area contributed by atoms with E-state index in [0.717, 1.165) is 60.5 Å². The molecule has 0 unspecified atom stereocenters. The highest BCUT2D eigenvalue weighted by Gasteiger charge is 2.25. The number of anilines is 1. The third-order valence-electron chi connectivity index (χ3n) is 8.68. The number of aryl methyl sites for hydroxylation is 2. The lowest BCUT2D eigenvalue weighted by atomic mass is 9.94. The Bertz CT molecular complexity index is 1510. The third kappa shape index (κ3) is 7.17. The summed E-state index contributed by atoms with van der Waals surface area (Å²) < 4.78 is 26.8. The lowest BCUT2D eigenvalue weighted by molar-refractivity contribution is 0.0341. The lowest BCUT2D eigenvalue weighted by Crippen LogP contribution is -2.40. The minimum Gasteiger partial charge on any atom is -0.381 e. The number of nitrogens with zero attached hydrogens (tertiary/aromatic N) is 2. The molecule has 0 spiro atoms. The molecule has 0 radical (unpaired) electrons. The summed E-state index contributed by atoms with van der Waals surface area (Å²) in [6, 6.07) is 11.3. The number of H-pyrrole nitrogens is 1. The Morgan fingerprint density at radius 1 is 1.05 bits per heavy atom. The summed E-state index contributed by atoms with van der Waals surface area (Å²) in [5.74, 6) is -0.616. The number of hydrogen-bond acceptors (Lipinski definition) is 6. The molecule has 3 aromatic rings. The number of aromatic nitrogens is 1. The minimum atomic E-state index is -0.317. The van der Waals surface area contributed by atoms with Crippen molar-refractivity contribution >= 4 is 11.6 Å². The second-order valence-electron chi connectivity index (χ2n) is 11.6. The number of benzene rings is 2. The zero-order valence-corrected chi connectivity index (χ0v) is 25.7. The van der Waals surface area contributed by atoms with Crippen LogP contribution in [0.3, 0.4) is 0 Å². The van der Waals surface area contributed by atoms with Gasteiger partial charge in [0, 0.05) is 80.1 Å². The average Bonchev–Trinajstić information content (AvgIpc) is 2.99. The smallest absolute Gasteiger partial charge is 0.253 e. The number of halogens is 1. The third-order valence-corrected chi connectivity index (χ3v) is 8.68. The number of amides is 1. The van der Waals surface area contributed by atoms with Gasteiger partial charge in [-0.05, 0) is 87.1 Å². The number of carbonyl (C=O) groups excluding carboxylic acids is 1. The van der Waals surface area contributed by atoms with Crippen molar-refractivity contribution in [1.82, 2.24) is 15.2 Å². The maximum Gasteiger partial charge on any atom is 0.253 e. The van der Waals surface area contributed by atoms with Crippen molar-refractivity contribution in [3.8, 4) is 11.1 Å². The molecule has 2 aliphatic rings. The van der Waals surface area contributed by atoms with Gasteiger partial charge in [0.25, 0.3) is 11.5 Å². The quantitative estimate of drug-likeness (QED) is 0.370. The van der Waals surface area contributed by atoms with Gasteiger partial charge in [0.15, 0.2) is 0 Å². The van der Waals surface area contributed by atoms with Gasteiger partial charge in [-0.1, -0.05) is 12.1 Å². The molecule has 9 heteroatoms. The van der Waals surface area contributed by atoms with Crippen LogP contribution in [0.4, 0.5) is 10.1 Å². The molecule has 3 heterocycles. The summed E-state index contributed by atoms with van der Waals surface area (Å²) in [6.45, 7) is 13.7. The van der Waals surface area contributed by atoms with Crippen LogP contribution in [0.15, 0.2) is 41.2 Å². The maximum absolute atomic E-state index is 15.8. The van der Waals surface area contributed by atoms with Gasteiger partial charge < -0.3 is 24.7 Å². The van der Waals surface area contributed by atoms with Crippen LogP contribution in [0, 0.1) is 26.6 Å². The van der Waals surface area contributed by atoms with E-state index in [1.54, 1.807) is 12.1 Å². The summed E-state index contributed by atoms with van der Waals surface area (Å²) in [5, 5.41) is 2.96. The van der Waals surface area contributed by atoms with Gasteiger partial charge in [0.2, 0.25) is 0 Å². The molecule has 8 nitrogen and oxygen atoms in total. The van der Waals surface area contributed by atoms with Gasteiger partial charge in [-0.3, -0.25) is 14.5 Å². The van der Waals surface area contributed by atoms with E-state index in [4.69, 9.17) is 9.47 Å². The van der Waals surface area contributed by atoms with E-state index < -0.39 is 0 Å². The number of rotatable bonds is 9. The van der Waals surface area contributed by atoms with Crippen LogP contribution in [0.2, 0.25) is 0 Å². The van der Waals surface area contributed by atoms with Gasteiger partial charge in [0.1, 0.15) is 5.82 Å². The summed E-state index contributed by atoms with van der Waals surface area (Å²) in [4.78, 5) is 33.7. The highest BCUT2D eigenvalue weighted by Crippen LogP contribution is 2.35. The Morgan fingerprint density at radius 3 is 2.44 bits per heavy atom. The van der Waals surface area contributed by atoms with Crippen LogP contribution in [0.1, 0.15) is 58.1 Å². The zero-order valence-electron chi connectivity index (χ0n) is 25.7. The van der Waals surface area contributed by atoms with Crippen LogP contribution in [-0.4, -0.2) is 67.9 Å². The Morgan fingerprint density at radius 2 is 1.77 bits per heavy atom. The molecule has 1 aromatic heterocycles. The largest absolute Gasteiger partial charge is 0.381 e. The molecule has 5 rings (SSSR count). The second-order valence-corrected chi connectivity index (χ2v) is 11.6. The Balaban J connectivity index is 1.50. The van der Waals surface area contributed by atoms with Crippen molar-refractivity contribution in [1.29, 1.82) is 0 Å². The number of morpholine rings is 1. The molecule has 0 aliphatic carbocycles. The minimum absolute atomic E-state index is 0.0985. The summed E-state index contributed by atoms with van der Waals surface area (Å²) >= 11 is 0. The molecule has 2 saturated heterocycles. The van der Waals surface area contributed by atoms with E-state index in [2.05, 4.69) is 27.0 Å². The van der Waals surface area contributed by atoms with E-state index in [1.165, 1.54) is 0 Å². The van der Waals surface area contributed by atoms with E-state index in [0.29, 0.717) is 55.2 Å². The Hall–Kier alpha value is -3.53. The SMILES string of the molecule is CCN(c1cc(-c2ccc(CN3CCOCC3)cc2F)cc(C(=O)NCc2c(C)cc(C)[nH]c2=O)c1C)C1CCOCC1. The molecule has 43 heavy (non-hydrogen) atoms. The van der Waals surface area contributed by atoms with Gasteiger partial charge >= 0.3 is 0 Å². The van der Waals surface area contributed by atoms with E-state index in [9.17, 15) is 9.59 Å². The van der Waals surface area contributed by atoms with E-state index in [-0.39, 0.29) is 29.9 Å². The predicted octanol–water partition coefficient (Wildman–Crippen LogP) is 4.87.